The van der Waals surface area contributed by atoms with Crippen LogP contribution in [-0.2, 0) is 11.8 Å². The van der Waals surface area contributed by atoms with E-state index < -0.39 is 5.97 Å². The Hall–Kier alpha value is -1.32. The van der Waals surface area contributed by atoms with Crippen molar-refractivity contribution in [1.29, 1.82) is 0 Å². The molecule has 1 aliphatic rings. The van der Waals surface area contributed by atoms with Gasteiger partial charge in [-0.05, 0) is 11.5 Å². The molecule has 2 rings (SSSR count). The first kappa shape index (κ1) is 9.24. The zero-order valence-corrected chi connectivity index (χ0v) is 8.56. The second-order valence-electron chi connectivity index (χ2n) is 4.53. The summed E-state index contributed by atoms with van der Waals surface area (Å²) < 4.78 is 1.71. The molecule has 0 aliphatic heterocycles. The molecule has 0 unspecified atom stereocenters. The van der Waals surface area contributed by atoms with Gasteiger partial charge >= 0.3 is 5.97 Å². The number of aryl methyl sites for hydroxylation is 1. The number of carboxylic acids is 1. The quantitative estimate of drug-likeness (QED) is 0.770. The second-order valence-corrected chi connectivity index (χ2v) is 4.53. The molecule has 0 aromatic carbocycles. The molecule has 0 spiro atoms. The van der Waals surface area contributed by atoms with Crippen LogP contribution in [0, 0.1) is 11.3 Å². The summed E-state index contributed by atoms with van der Waals surface area (Å²) in [4.78, 5) is 10.9. The third kappa shape index (κ3) is 1.14. The minimum Gasteiger partial charge on any atom is -0.481 e. The van der Waals surface area contributed by atoms with E-state index in [1.165, 1.54) is 0 Å². The molecule has 1 heterocycles. The van der Waals surface area contributed by atoms with Crippen LogP contribution >= 0.6 is 0 Å². The predicted molar refractivity (Wildman–Crippen MR) is 50.9 cm³/mol. The average molecular weight is 194 g/mol. The molecule has 0 saturated heterocycles. The first-order chi connectivity index (χ1) is 6.44. The summed E-state index contributed by atoms with van der Waals surface area (Å²) in [6.07, 6.45) is 1.85. The fourth-order valence-corrected chi connectivity index (χ4v) is 2.25. The van der Waals surface area contributed by atoms with Gasteiger partial charge in [-0.15, -0.1) is 0 Å². The SMILES string of the molecule is Cn1ccc([C@@H]2[C@@H](C(=O)O)C2(C)C)n1. The number of aliphatic carboxylic acids is 1. The minimum atomic E-state index is -0.717. The molecule has 1 aliphatic carbocycles. The van der Waals surface area contributed by atoms with Crippen molar-refractivity contribution in [1.82, 2.24) is 9.78 Å². The Morgan fingerprint density at radius 1 is 1.64 bits per heavy atom. The van der Waals surface area contributed by atoms with Crippen molar-refractivity contribution in [2.75, 3.05) is 0 Å². The van der Waals surface area contributed by atoms with Crippen LogP contribution in [0.15, 0.2) is 12.3 Å². The molecular formula is C10H14N2O2. The summed E-state index contributed by atoms with van der Waals surface area (Å²) in [5.41, 5.74) is 0.741. The van der Waals surface area contributed by atoms with Crippen LogP contribution in [0.25, 0.3) is 0 Å². The van der Waals surface area contributed by atoms with Crippen molar-refractivity contribution < 1.29 is 9.90 Å². The molecule has 4 heteroatoms. The third-order valence-corrected chi connectivity index (χ3v) is 3.15. The van der Waals surface area contributed by atoms with Gasteiger partial charge in [0.1, 0.15) is 0 Å². The Kier molecular flexibility index (Phi) is 1.71. The highest BCUT2D eigenvalue weighted by Crippen LogP contribution is 2.63. The summed E-state index contributed by atoms with van der Waals surface area (Å²) in [5, 5.41) is 13.2. The largest absolute Gasteiger partial charge is 0.481 e. The van der Waals surface area contributed by atoms with E-state index in [4.69, 9.17) is 5.11 Å². The molecule has 0 radical (unpaired) electrons. The van der Waals surface area contributed by atoms with Crippen LogP contribution in [0.2, 0.25) is 0 Å². The fourth-order valence-electron chi connectivity index (χ4n) is 2.25. The molecule has 0 amide bonds. The van der Waals surface area contributed by atoms with E-state index in [0.717, 1.165) is 5.69 Å². The lowest BCUT2D eigenvalue weighted by atomic mass is 10.1. The molecule has 14 heavy (non-hydrogen) atoms. The normalized spacial score (nSPS) is 28.8. The maximum atomic E-state index is 10.9. The number of carboxylic acid groups (broad SMARTS) is 1. The first-order valence-electron chi connectivity index (χ1n) is 4.67. The van der Waals surface area contributed by atoms with Crippen molar-refractivity contribution in [3.05, 3.63) is 18.0 Å². The maximum absolute atomic E-state index is 10.9. The molecule has 1 aromatic heterocycles. The molecule has 1 saturated carbocycles. The van der Waals surface area contributed by atoms with Gasteiger partial charge in [0.15, 0.2) is 0 Å². The van der Waals surface area contributed by atoms with Gasteiger partial charge in [-0.1, -0.05) is 13.8 Å². The van der Waals surface area contributed by atoms with Gasteiger partial charge in [-0.3, -0.25) is 9.48 Å². The monoisotopic (exact) mass is 194 g/mol. The maximum Gasteiger partial charge on any atom is 0.307 e. The Morgan fingerprint density at radius 2 is 2.29 bits per heavy atom. The Balaban J connectivity index is 2.27. The minimum absolute atomic E-state index is 0.0706. The van der Waals surface area contributed by atoms with E-state index in [0.29, 0.717) is 0 Å². The van der Waals surface area contributed by atoms with Crippen LogP contribution < -0.4 is 0 Å². The summed E-state index contributed by atoms with van der Waals surface area (Å²) in [5.74, 6) is -0.927. The zero-order valence-electron chi connectivity index (χ0n) is 8.56. The molecule has 1 fully saturated rings. The van der Waals surface area contributed by atoms with Crippen LogP contribution in [0.3, 0.4) is 0 Å². The number of rotatable bonds is 2. The average Bonchev–Trinajstić information content (AvgIpc) is 2.42. The van der Waals surface area contributed by atoms with Gasteiger partial charge in [-0.25, -0.2) is 0 Å². The number of aromatic nitrogens is 2. The highest BCUT2D eigenvalue weighted by atomic mass is 16.4. The lowest BCUT2D eigenvalue weighted by Gasteiger charge is -1.97. The van der Waals surface area contributed by atoms with E-state index in [1.807, 2.05) is 33.2 Å². The Bertz CT molecular complexity index is 381. The standard InChI is InChI=1S/C10H14N2O2/c1-10(2)7(8(10)9(13)14)6-4-5-12(3)11-6/h4-5,7-8H,1-3H3,(H,13,14)/t7-,8+/m1/s1. The molecular weight excluding hydrogens is 180 g/mol. The number of hydrogen-bond acceptors (Lipinski definition) is 2. The van der Waals surface area contributed by atoms with Crippen LogP contribution in [-0.4, -0.2) is 20.9 Å². The topological polar surface area (TPSA) is 55.1 Å². The first-order valence-corrected chi connectivity index (χ1v) is 4.67. The smallest absolute Gasteiger partial charge is 0.307 e. The molecule has 1 aromatic rings. The number of carbonyl (C=O) groups is 1. The van der Waals surface area contributed by atoms with Gasteiger partial charge in [0.2, 0.25) is 0 Å². The van der Waals surface area contributed by atoms with Crippen molar-refractivity contribution in [2.45, 2.75) is 19.8 Å². The van der Waals surface area contributed by atoms with Crippen LogP contribution in [0.1, 0.15) is 25.5 Å². The van der Waals surface area contributed by atoms with E-state index in [1.54, 1.807) is 4.68 Å². The van der Waals surface area contributed by atoms with Gasteiger partial charge in [0.25, 0.3) is 0 Å². The zero-order chi connectivity index (χ0) is 10.5. The summed E-state index contributed by atoms with van der Waals surface area (Å²) in [7, 11) is 1.84. The molecule has 0 bridgehead atoms. The summed E-state index contributed by atoms with van der Waals surface area (Å²) >= 11 is 0. The van der Waals surface area contributed by atoms with Crippen molar-refractivity contribution in [3.8, 4) is 0 Å². The molecule has 4 nitrogen and oxygen atoms in total. The van der Waals surface area contributed by atoms with E-state index in [-0.39, 0.29) is 17.3 Å². The lowest BCUT2D eigenvalue weighted by Crippen LogP contribution is -2.03. The third-order valence-electron chi connectivity index (χ3n) is 3.15. The molecule has 76 valence electrons. The van der Waals surface area contributed by atoms with E-state index in [2.05, 4.69) is 5.10 Å². The van der Waals surface area contributed by atoms with Crippen LogP contribution in [0.5, 0.6) is 0 Å². The van der Waals surface area contributed by atoms with Crippen molar-refractivity contribution in [3.63, 3.8) is 0 Å². The highest BCUT2D eigenvalue weighted by molar-refractivity contribution is 5.77. The van der Waals surface area contributed by atoms with E-state index in [9.17, 15) is 4.79 Å². The van der Waals surface area contributed by atoms with Crippen molar-refractivity contribution >= 4 is 5.97 Å². The Morgan fingerprint density at radius 3 is 2.64 bits per heavy atom. The van der Waals surface area contributed by atoms with E-state index >= 15 is 0 Å². The molecule has 2 atom stereocenters. The van der Waals surface area contributed by atoms with Crippen molar-refractivity contribution in [2.24, 2.45) is 18.4 Å². The fraction of sp³-hybridized carbons (Fsp3) is 0.600. The Labute approximate surface area is 82.5 Å². The lowest BCUT2D eigenvalue weighted by molar-refractivity contribution is -0.139. The van der Waals surface area contributed by atoms with Gasteiger partial charge < -0.3 is 5.11 Å². The van der Waals surface area contributed by atoms with Crippen LogP contribution in [0.4, 0.5) is 0 Å². The summed E-state index contributed by atoms with van der Waals surface area (Å²) in [6, 6.07) is 1.90. The number of nitrogens with zero attached hydrogens (tertiary/aromatic N) is 2. The van der Waals surface area contributed by atoms with Gasteiger partial charge in [0.05, 0.1) is 11.6 Å². The van der Waals surface area contributed by atoms with Gasteiger partial charge in [-0.2, -0.15) is 5.10 Å². The predicted octanol–water partition coefficient (Wildman–Crippen LogP) is 1.24. The highest BCUT2D eigenvalue weighted by Gasteiger charge is 2.63. The molecule has 1 N–H and O–H groups in total. The number of hydrogen-bond donors (Lipinski definition) is 1. The van der Waals surface area contributed by atoms with Gasteiger partial charge in [0, 0.05) is 19.2 Å². The second kappa shape index (κ2) is 2.59. The summed E-state index contributed by atoms with van der Waals surface area (Å²) in [6.45, 7) is 3.95.